The number of para-hydroxylation sites is 1. The van der Waals surface area contributed by atoms with E-state index in [0.29, 0.717) is 12.2 Å². The molecule has 0 spiro atoms. The molecule has 2 N–H and O–H groups in total. The average molecular weight is 283 g/mol. The molecule has 0 unspecified atom stereocenters. The molecule has 0 saturated carbocycles. The molecule has 0 aliphatic carbocycles. The summed E-state index contributed by atoms with van der Waals surface area (Å²) in [4.78, 5) is 23.2. The molecule has 0 bridgehead atoms. The predicted octanol–water partition coefficient (Wildman–Crippen LogP) is 2.25. The number of aromatic carboxylic acids is 1. The van der Waals surface area contributed by atoms with E-state index in [0.717, 1.165) is 11.3 Å². The van der Waals surface area contributed by atoms with Crippen LogP contribution in [0.1, 0.15) is 32.3 Å². The third kappa shape index (κ3) is 2.58. The molecule has 21 heavy (non-hydrogen) atoms. The lowest BCUT2D eigenvalue weighted by Crippen LogP contribution is -2.29. The summed E-state index contributed by atoms with van der Waals surface area (Å²) in [5, 5.41) is 11.8. The topological polar surface area (TPSA) is 75.6 Å². The van der Waals surface area contributed by atoms with E-state index in [4.69, 9.17) is 9.84 Å². The van der Waals surface area contributed by atoms with Crippen molar-refractivity contribution in [2.45, 2.75) is 6.04 Å². The van der Waals surface area contributed by atoms with Crippen LogP contribution in [0.3, 0.4) is 0 Å². The van der Waals surface area contributed by atoms with Gasteiger partial charge in [0.25, 0.3) is 5.91 Å². The highest BCUT2D eigenvalue weighted by Gasteiger charge is 2.25. The summed E-state index contributed by atoms with van der Waals surface area (Å²) < 4.78 is 5.50. The fourth-order valence-electron chi connectivity index (χ4n) is 2.32. The first-order valence-corrected chi connectivity index (χ1v) is 6.51. The van der Waals surface area contributed by atoms with Crippen LogP contribution in [0, 0.1) is 0 Å². The van der Waals surface area contributed by atoms with E-state index >= 15 is 0 Å². The SMILES string of the molecule is O=C(O)c1cccc(C(=O)N[C@H]2COc3ccccc32)c1. The first-order chi connectivity index (χ1) is 10.1. The van der Waals surface area contributed by atoms with Crippen molar-refractivity contribution in [3.8, 4) is 5.75 Å². The van der Waals surface area contributed by atoms with Crippen molar-refractivity contribution in [3.63, 3.8) is 0 Å². The highest BCUT2D eigenvalue weighted by atomic mass is 16.5. The van der Waals surface area contributed by atoms with Crippen LogP contribution >= 0.6 is 0 Å². The molecule has 1 atom stereocenters. The molecule has 106 valence electrons. The van der Waals surface area contributed by atoms with Gasteiger partial charge in [-0.3, -0.25) is 4.79 Å². The van der Waals surface area contributed by atoms with Crippen LogP contribution in [0.15, 0.2) is 48.5 Å². The fourth-order valence-corrected chi connectivity index (χ4v) is 2.32. The number of rotatable bonds is 3. The molecule has 5 heteroatoms. The quantitative estimate of drug-likeness (QED) is 0.906. The van der Waals surface area contributed by atoms with Gasteiger partial charge >= 0.3 is 5.97 Å². The molecule has 2 aromatic carbocycles. The molecular formula is C16H13NO4. The van der Waals surface area contributed by atoms with Gasteiger partial charge in [-0.2, -0.15) is 0 Å². The number of amides is 1. The molecule has 0 fully saturated rings. The molecule has 0 radical (unpaired) electrons. The smallest absolute Gasteiger partial charge is 0.335 e. The van der Waals surface area contributed by atoms with Gasteiger partial charge in [-0.15, -0.1) is 0 Å². The van der Waals surface area contributed by atoms with Gasteiger partial charge in [-0.05, 0) is 24.3 Å². The van der Waals surface area contributed by atoms with Gasteiger partial charge in [0.15, 0.2) is 0 Å². The van der Waals surface area contributed by atoms with Gasteiger partial charge in [0.05, 0.1) is 11.6 Å². The summed E-state index contributed by atoms with van der Waals surface area (Å²) in [7, 11) is 0. The average Bonchev–Trinajstić information content (AvgIpc) is 2.91. The Morgan fingerprint density at radius 3 is 2.67 bits per heavy atom. The number of carbonyl (C=O) groups excluding carboxylic acids is 1. The van der Waals surface area contributed by atoms with Gasteiger partial charge in [-0.25, -0.2) is 4.79 Å². The molecule has 0 aromatic heterocycles. The molecule has 2 aromatic rings. The first-order valence-electron chi connectivity index (χ1n) is 6.51. The maximum Gasteiger partial charge on any atom is 0.335 e. The van der Waals surface area contributed by atoms with Crippen LogP contribution in [0.2, 0.25) is 0 Å². The summed E-state index contributed by atoms with van der Waals surface area (Å²) in [5.74, 6) is -0.607. The largest absolute Gasteiger partial charge is 0.491 e. The molecule has 1 aliphatic rings. The van der Waals surface area contributed by atoms with Crippen molar-refractivity contribution < 1.29 is 19.4 Å². The number of nitrogens with one attached hydrogen (secondary N) is 1. The zero-order valence-electron chi connectivity index (χ0n) is 11.1. The minimum Gasteiger partial charge on any atom is -0.491 e. The Hall–Kier alpha value is -2.82. The molecular weight excluding hydrogens is 270 g/mol. The zero-order valence-corrected chi connectivity index (χ0v) is 11.1. The van der Waals surface area contributed by atoms with Crippen molar-refractivity contribution >= 4 is 11.9 Å². The van der Waals surface area contributed by atoms with E-state index < -0.39 is 5.97 Å². The number of hydrogen-bond donors (Lipinski definition) is 2. The Morgan fingerprint density at radius 1 is 1.10 bits per heavy atom. The van der Waals surface area contributed by atoms with Crippen molar-refractivity contribution in [1.82, 2.24) is 5.32 Å². The van der Waals surface area contributed by atoms with Gasteiger partial charge in [-0.1, -0.05) is 24.3 Å². The van der Waals surface area contributed by atoms with E-state index in [1.54, 1.807) is 12.1 Å². The van der Waals surface area contributed by atoms with Crippen molar-refractivity contribution in [2.75, 3.05) is 6.61 Å². The number of carboxylic acids is 1. The van der Waals surface area contributed by atoms with Crippen LogP contribution in [-0.4, -0.2) is 23.6 Å². The van der Waals surface area contributed by atoms with Gasteiger partial charge in [0, 0.05) is 11.1 Å². The van der Waals surface area contributed by atoms with E-state index in [1.165, 1.54) is 12.1 Å². The molecule has 1 heterocycles. The Balaban J connectivity index is 1.79. The lowest BCUT2D eigenvalue weighted by molar-refractivity contribution is 0.0697. The van der Waals surface area contributed by atoms with E-state index in [9.17, 15) is 9.59 Å². The van der Waals surface area contributed by atoms with Gasteiger partial charge in [0.1, 0.15) is 12.4 Å². The third-order valence-corrected chi connectivity index (χ3v) is 3.38. The standard InChI is InChI=1S/C16H13NO4/c18-15(10-4-3-5-11(8-10)16(19)20)17-13-9-21-14-7-2-1-6-12(13)14/h1-8,13H,9H2,(H,17,18)(H,19,20)/t13-/m0/s1. The van der Waals surface area contributed by atoms with Crippen LogP contribution in [-0.2, 0) is 0 Å². The van der Waals surface area contributed by atoms with E-state index in [-0.39, 0.29) is 17.5 Å². The number of carboxylic acid groups (broad SMARTS) is 1. The van der Waals surface area contributed by atoms with Crippen molar-refractivity contribution in [3.05, 3.63) is 65.2 Å². The maximum atomic E-state index is 12.2. The summed E-state index contributed by atoms with van der Waals surface area (Å²) in [6.45, 7) is 0.379. The number of ether oxygens (including phenoxy) is 1. The monoisotopic (exact) mass is 283 g/mol. The zero-order chi connectivity index (χ0) is 14.8. The lowest BCUT2D eigenvalue weighted by Gasteiger charge is -2.12. The Labute approximate surface area is 121 Å². The summed E-state index contributed by atoms with van der Waals surface area (Å²) in [6, 6.07) is 13.3. The van der Waals surface area contributed by atoms with Crippen LogP contribution in [0.25, 0.3) is 0 Å². The Bertz CT molecular complexity index is 711. The second-order valence-electron chi connectivity index (χ2n) is 4.76. The van der Waals surface area contributed by atoms with Crippen LogP contribution < -0.4 is 10.1 Å². The first kappa shape index (κ1) is 13.2. The highest BCUT2D eigenvalue weighted by Crippen LogP contribution is 2.31. The van der Waals surface area contributed by atoms with Crippen LogP contribution in [0.4, 0.5) is 0 Å². The Morgan fingerprint density at radius 2 is 1.86 bits per heavy atom. The lowest BCUT2D eigenvalue weighted by atomic mass is 10.1. The highest BCUT2D eigenvalue weighted by molar-refractivity contribution is 5.97. The third-order valence-electron chi connectivity index (χ3n) is 3.38. The predicted molar refractivity (Wildman–Crippen MR) is 75.5 cm³/mol. The second kappa shape index (κ2) is 5.28. The molecule has 3 rings (SSSR count). The fraction of sp³-hybridized carbons (Fsp3) is 0.125. The minimum atomic E-state index is -1.06. The minimum absolute atomic E-state index is 0.0886. The normalized spacial score (nSPS) is 15.9. The second-order valence-corrected chi connectivity index (χ2v) is 4.76. The summed E-state index contributed by atoms with van der Waals surface area (Å²) in [5.41, 5.74) is 1.34. The van der Waals surface area contributed by atoms with Crippen LogP contribution in [0.5, 0.6) is 5.75 Å². The van der Waals surface area contributed by atoms with Crippen molar-refractivity contribution in [2.24, 2.45) is 0 Å². The number of hydrogen-bond acceptors (Lipinski definition) is 3. The molecule has 5 nitrogen and oxygen atoms in total. The number of benzene rings is 2. The van der Waals surface area contributed by atoms with Gasteiger partial charge < -0.3 is 15.2 Å². The maximum absolute atomic E-state index is 12.2. The molecule has 1 amide bonds. The van der Waals surface area contributed by atoms with E-state index in [1.807, 2.05) is 24.3 Å². The molecule has 0 saturated heterocycles. The summed E-state index contributed by atoms with van der Waals surface area (Å²) in [6.07, 6.45) is 0. The Kier molecular flexibility index (Phi) is 3.31. The number of fused-ring (bicyclic) bond motifs is 1. The molecule has 1 aliphatic heterocycles. The van der Waals surface area contributed by atoms with E-state index in [2.05, 4.69) is 5.32 Å². The number of carbonyl (C=O) groups is 2. The van der Waals surface area contributed by atoms with Gasteiger partial charge in [0.2, 0.25) is 0 Å². The van der Waals surface area contributed by atoms with Crippen molar-refractivity contribution in [1.29, 1.82) is 0 Å². The summed E-state index contributed by atoms with van der Waals surface area (Å²) >= 11 is 0.